The third-order valence-corrected chi connectivity index (χ3v) is 1.27. The molecule has 0 bridgehead atoms. The summed E-state index contributed by atoms with van der Waals surface area (Å²) in [5, 5.41) is 17.4. The van der Waals surface area contributed by atoms with Crippen molar-refractivity contribution in [3.8, 4) is 5.88 Å². The quantitative estimate of drug-likeness (QED) is 0.598. The molecular formula is C6H9BClNO3. The first-order valence-electron chi connectivity index (χ1n) is 3.10. The Labute approximate surface area is 76.8 Å². The third-order valence-electron chi connectivity index (χ3n) is 1.27. The lowest BCUT2D eigenvalue weighted by atomic mass is 9.81. The fourth-order valence-corrected chi connectivity index (χ4v) is 0.697. The van der Waals surface area contributed by atoms with E-state index >= 15 is 0 Å². The van der Waals surface area contributed by atoms with Crippen LogP contribution in [0.4, 0.5) is 0 Å². The summed E-state index contributed by atoms with van der Waals surface area (Å²) in [5.74, 6) is 0.371. The minimum absolute atomic E-state index is 0. The van der Waals surface area contributed by atoms with Gasteiger partial charge < -0.3 is 14.8 Å². The van der Waals surface area contributed by atoms with Gasteiger partial charge in [-0.15, -0.1) is 12.4 Å². The molecule has 0 unspecified atom stereocenters. The van der Waals surface area contributed by atoms with Crippen LogP contribution in [0.25, 0.3) is 0 Å². The highest BCUT2D eigenvalue weighted by Crippen LogP contribution is 1.99. The average molecular weight is 189 g/mol. The Hall–Kier alpha value is -0.775. The van der Waals surface area contributed by atoms with Crippen LogP contribution >= 0.6 is 12.4 Å². The highest BCUT2D eigenvalue weighted by molar-refractivity contribution is 6.58. The van der Waals surface area contributed by atoms with Crippen molar-refractivity contribution < 1.29 is 14.8 Å². The van der Waals surface area contributed by atoms with Gasteiger partial charge in [0.15, 0.2) is 0 Å². The maximum Gasteiger partial charge on any atom is 0.488 e. The van der Waals surface area contributed by atoms with Gasteiger partial charge in [-0.25, -0.2) is 4.98 Å². The first-order valence-corrected chi connectivity index (χ1v) is 3.10. The molecule has 4 nitrogen and oxygen atoms in total. The molecule has 0 saturated heterocycles. The molecule has 1 heterocycles. The molecule has 66 valence electrons. The van der Waals surface area contributed by atoms with E-state index in [1.54, 1.807) is 0 Å². The fraction of sp³-hybridized carbons (Fsp3) is 0.167. The normalized spacial score (nSPS) is 8.58. The molecule has 0 amide bonds. The molecule has 0 aliphatic heterocycles. The van der Waals surface area contributed by atoms with Gasteiger partial charge in [-0.2, -0.15) is 0 Å². The molecule has 12 heavy (non-hydrogen) atoms. The van der Waals surface area contributed by atoms with Gasteiger partial charge in [-0.1, -0.05) is 0 Å². The van der Waals surface area contributed by atoms with E-state index in [4.69, 9.17) is 14.8 Å². The zero-order chi connectivity index (χ0) is 8.27. The van der Waals surface area contributed by atoms with Crippen molar-refractivity contribution in [2.24, 2.45) is 0 Å². The van der Waals surface area contributed by atoms with Crippen molar-refractivity contribution in [1.29, 1.82) is 0 Å². The van der Waals surface area contributed by atoms with Crippen molar-refractivity contribution in [3.05, 3.63) is 18.3 Å². The molecule has 1 rings (SSSR count). The molecule has 0 radical (unpaired) electrons. The molecule has 0 atom stereocenters. The second-order valence-electron chi connectivity index (χ2n) is 2.01. The van der Waals surface area contributed by atoms with E-state index in [2.05, 4.69) is 4.98 Å². The molecule has 0 spiro atoms. The van der Waals surface area contributed by atoms with Crippen LogP contribution < -0.4 is 10.2 Å². The van der Waals surface area contributed by atoms with Gasteiger partial charge in [0.1, 0.15) is 0 Å². The second kappa shape index (κ2) is 4.98. The van der Waals surface area contributed by atoms with E-state index < -0.39 is 7.12 Å². The number of aromatic nitrogens is 1. The van der Waals surface area contributed by atoms with Crippen LogP contribution in [-0.4, -0.2) is 29.3 Å². The number of methoxy groups -OCH3 is 1. The summed E-state index contributed by atoms with van der Waals surface area (Å²) in [6, 6.07) is 2.97. The summed E-state index contributed by atoms with van der Waals surface area (Å²) in [6.45, 7) is 0. The molecule has 6 heteroatoms. The van der Waals surface area contributed by atoms with Gasteiger partial charge in [0, 0.05) is 12.3 Å². The van der Waals surface area contributed by atoms with Crippen LogP contribution in [-0.2, 0) is 0 Å². The molecule has 0 aliphatic carbocycles. The van der Waals surface area contributed by atoms with Crippen molar-refractivity contribution in [3.63, 3.8) is 0 Å². The molecule has 0 fully saturated rings. The lowest BCUT2D eigenvalue weighted by Gasteiger charge is -2.00. The smallest absolute Gasteiger partial charge is 0.481 e. The topological polar surface area (TPSA) is 62.6 Å². The first kappa shape index (κ1) is 11.2. The summed E-state index contributed by atoms with van der Waals surface area (Å²) in [6.07, 6.45) is 1.45. The molecule has 0 saturated carbocycles. The first-order chi connectivity index (χ1) is 5.24. The van der Waals surface area contributed by atoms with E-state index in [0.717, 1.165) is 0 Å². The number of halogens is 1. The van der Waals surface area contributed by atoms with Crippen molar-refractivity contribution in [1.82, 2.24) is 4.98 Å². The Morgan fingerprint density at radius 2 is 2.17 bits per heavy atom. The Morgan fingerprint density at radius 1 is 1.50 bits per heavy atom. The van der Waals surface area contributed by atoms with Crippen LogP contribution in [0.3, 0.4) is 0 Å². The van der Waals surface area contributed by atoms with E-state index in [-0.39, 0.29) is 12.4 Å². The van der Waals surface area contributed by atoms with Gasteiger partial charge in [-0.05, 0) is 11.5 Å². The Morgan fingerprint density at radius 3 is 2.67 bits per heavy atom. The zero-order valence-electron chi connectivity index (χ0n) is 6.47. The maximum absolute atomic E-state index is 8.72. The predicted molar refractivity (Wildman–Crippen MR) is 47.9 cm³/mol. The SMILES string of the molecule is COc1cc(B(O)O)ccn1.Cl. The number of pyridine rings is 1. The molecule has 1 aromatic rings. The van der Waals surface area contributed by atoms with Crippen molar-refractivity contribution in [2.45, 2.75) is 0 Å². The number of rotatable bonds is 2. The lowest BCUT2D eigenvalue weighted by molar-refractivity contribution is 0.396. The molecule has 0 aliphatic rings. The van der Waals surface area contributed by atoms with Gasteiger partial charge in [-0.3, -0.25) is 0 Å². The Kier molecular flexibility index (Phi) is 4.65. The lowest BCUT2D eigenvalue weighted by Crippen LogP contribution is -2.29. The number of nitrogens with zero attached hydrogens (tertiary/aromatic N) is 1. The summed E-state index contributed by atoms with van der Waals surface area (Å²) in [7, 11) is 0.00229. The van der Waals surface area contributed by atoms with Crippen LogP contribution in [0.15, 0.2) is 18.3 Å². The number of hydrogen-bond acceptors (Lipinski definition) is 4. The number of ether oxygens (including phenoxy) is 1. The molecule has 0 aromatic carbocycles. The number of hydrogen-bond donors (Lipinski definition) is 2. The molecular weight excluding hydrogens is 180 g/mol. The van der Waals surface area contributed by atoms with Crippen LogP contribution in [0.1, 0.15) is 0 Å². The highest BCUT2D eigenvalue weighted by Gasteiger charge is 2.10. The van der Waals surface area contributed by atoms with Crippen molar-refractivity contribution >= 4 is 25.0 Å². The van der Waals surface area contributed by atoms with Crippen LogP contribution in [0.5, 0.6) is 5.88 Å². The summed E-state index contributed by atoms with van der Waals surface area (Å²) in [5.41, 5.74) is 0.372. The van der Waals surface area contributed by atoms with E-state index in [1.807, 2.05) is 0 Å². The maximum atomic E-state index is 8.72. The highest BCUT2D eigenvalue weighted by atomic mass is 35.5. The summed E-state index contributed by atoms with van der Waals surface area (Å²) < 4.78 is 4.77. The van der Waals surface area contributed by atoms with E-state index in [1.165, 1.54) is 25.4 Å². The van der Waals surface area contributed by atoms with Gasteiger partial charge in [0.25, 0.3) is 0 Å². The monoisotopic (exact) mass is 189 g/mol. The Bertz CT molecular complexity index is 246. The Balaban J connectivity index is 0.00000121. The van der Waals surface area contributed by atoms with E-state index in [9.17, 15) is 0 Å². The fourth-order valence-electron chi connectivity index (χ4n) is 0.697. The standard InChI is InChI=1S/C6H8BNO3.ClH/c1-11-6-4-5(7(9)10)2-3-8-6;/h2-4,9-10H,1H3;1H. The predicted octanol–water partition coefficient (Wildman–Crippen LogP) is -0.808. The third kappa shape index (κ3) is 2.69. The van der Waals surface area contributed by atoms with Gasteiger partial charge in [0.2, 0.25) is 5.88 Å². The minimum Gasteiger partial charge on any atom is -0.481 e. The largest absolute Gasteiger partial charge is 0.488 e. The molecule has 1 aromatic heterocycles. The van der Waals surface area contributed by atoms with Crippen LogP contribution in [0, 0.1) is 0 Å². The van der Waals surface area contributed by atoms with E-state index in [0.29, 0.717) is 11.3 Å². The van der Waals surface area contributed by atoms with Crippen LogP contribution in [0.2, 0.25) is 0 Å². The average Bonchev–Trinajstić information content (AvgIpc) is 2.05. The van der Waals surface area contributed by atoms with Crippen molar-refractivity contribution in [2.75, 3.05) is 7.11 Å². The van der Waals surface area contributed by atoms with Gasteiger partial charge >= 0.3 is 7.12 Å². The molecule has 2 N–H and O–H groups in total. The second-order valence-corrected chi connectivity index (χ2v) is 2.01. The minimum atomic E-state index is -1.47. The zero-order valence-corrected chi connectivity index (χ0v) is 7.28. The summed E-state index contributed by atoms with van der Waals surface area (Å²) in [4.78, 5) is 3.80. The van der Waals surface area contributed by atoms with Gasteiger partial charge in [0.05, 0.1) is 7.11 Å². The summed E-state index contributed by atoms with van der Waals surface area (Å²) >= 11 is 0.